The van der Waals surface area contributed by atoms with Gasteiger partial charge < -0.3 is 19.9 Å². The molecule has 0 atom stereocenters. The van der Waals surface area contributed by atoms with E-state index in [0.29, 0.717) is 25.6 Å². The molecule has 170 valence electrons. The number of amides is 1. The lowest BCUT2D eigenvalue weighted by atomic mass is 10.2. The summed E-state index contributed by atoms with van der Waals surface area (Å²) in [5, 5.41) is 7.28. The second-order valence-corrected chi connectivity index (χ2v) is 6.79. The Morgan fingerprint density at radius 2 is 1.97 bits per heavy atom. The lowest BCUT2D eigenvalue weighted by Gasteiger charge is -2.35. The molecule has 1 aromatic heterocycles. The van der Waals surface area contributed by atoms with E-state index in [0.717, 1.165) is 11.3 Å². The lowest BCUT2D eigenvalue weighted by molar-refractivity contribution is -0.153. The summed E-state index contributed by atoms with van der Waals surface area (Å²) in [6.07, 6.45) is -0.920. The van der Waals surface area contributed by atoms with Gasteiger partial charge >= 0.3 is 6.18 Å². The predicted octanol–water partition coefficient (Wildman–Crippen LogP) is 2.40. The SMILES string of the molecule is CN=C(NCc1ccc(OCC(F)(F)F)cc1)N1CCN(c2cnn(C)c2)C(=O)C1.I. The number of nitrogens with zero attached hydrogens (tertiary/aromatic N) is 5. The summed E-state index contributed by atoms with van der Waals surface area (Å²) in [5.74, 6) is 0.674. The first-order chi connectivity index (χ1) is 14.2. The van der Waals surface area contributed by atoms with Crippen molar-refractivity contribution in [2.45, 2.75) is 12.7 Å². The molecule has 0 radical (unpaired) electrons. The van der Waals surface area contributed by atoms with Crippen LogP contribution in [0.1, 0.15) is 5.56 Å². The highest BCUT2D eigenvalue weighted by Gasteiger charge is 2.29. The van der Waals surface area contributed by atoms with Crippen LogP contribution >= 0.6 is 24.0 Å². The van der Waals surface area contributed by atoms with E-state index in [1.54, 1.807) is 48.2 Å². The maximum Gasteiger partial charge on any atom is 0.422 e. The van der Waals surface area contributed by atoms with Gasteiger partial charge in [-0.25, -0.2) is 0 Å². The number of nitrogens with one attached hydrogen (secondary N) is 1. The van der Waals surface area contributed by atoms with E-state index in [9.17, 15) is 18.0 Å². The molecule has 1 aromatic carbocycles. The van der Waals surface area contributed by atoms with Crippen LogP contribution in [0, 0.1) is 0 Å². The van der Waals surface area contributed by atoms with E-state index in [-0.39, 0.29) is 42.2 Å². The maximum atomic E-state index is 12.5. The molecule has 0 saturated carbocycles. The van der Waals surface area contributed by atoms with Gasteiger partial charge in [-0.2, -0.15) is 18.3 Å². The molecule has 1 amide bonds. The largest absolute Gasteiger partial charge is 0.484 e. The zero-order valence-electron chi connectivity index (χ0n) is 17.1. The molecule has 12 heteroatoms. The number of hydrogen-bond donors (Lipinski definition) is 1. The Labute approximate surface area is 195 Å². The van der Waals surface area contributed by atoms with Crippen LogP contribution in [0.5, 0.6) is 5.75 Å². The van der Waals surface area contributed by atoms with E-state index in [1.807, 2.05) is 4.90 Å². The van der Waals surface area contributed by atoms with E-state index < -0.39 is 12.8 Å². The van der Waals surface area contributed by atoms with E-state index in [1.165, 1.54) is 12.1 Å². The van der Waals surface area contributed by atoms with Crippen LogP contribution in [0.4, 0.5) is 18.9 Å². The van der Waals surface area contributed by atoms with Gasteiger partial charge in [-0.1, -0.05) is 12.1 Å². The molecule has 0 aliphatic carbocycles. The molecule has 1 fully saturated rings. The minimum atomic E-state index is -4.37. The van der Waals surface area contributed by atoms with Gasteiger partial charge in [0.15, 0.2) is 12.6 Å². The number of carbonyl (C=O) groups excluding carboxylic acids is 1. The van der Waals surface area contributed by atoms with Crippen molar-refractivity contribution in [3.8, 4) is 5.75 Å². The number of alkyl halides is 3. The minimum Gasteiger partial charge on any atom is -0.484 e. The Morgan fingerprint density at radius 3 is 2.52 bits per heavy atom. The van der Waals surface area contributed by atoms with Crippen molar-refractivity contribution in [1.29, 1.82) is 0 Å². The average Bonchev–Trinajstić information content (AvgIpc) is 3.13. The molecular weight excluding hydrogens is 528 g/mol. The average molecular weight is 552 g/mol. The number of halogens is 4. The van der Waals surface area contributed by atoms with Crippen molar-refractivity contribution in [2.24, 2.45) is 12.0 Å². The molecule has 1 N–H and O–H groups in total. The number of aliphatic imine (C=N–C) groups is 1. The number of aryl methyl sites for hydroxylation is 1. The summed E-state index contributed by atoms with van der Waals surface area (Å²) in [7, 11) is 3.43. The second kappa shape index (κ2) is 10.7. The Morgan fingerprint density at radius 1 is 1.26 bits per heavy atom. The maximum absolute atomic E-state index is 12.5. The van der Waals surface area contributed by atoms with Gasteiger partial charge in [-0.05, 0) is 17.7 Å². The van der Waals surface area contributed by atoms with Crippen LogP contribution in [-0.2, 0) is 18.4 Å². The van der Waals surface area contributed by atoms with Crippen molar-refractivity contribution in [3.63, 3.8) is 0 Å². The summed E-state index contributed by atoms with van der Waals surface area (Å²) in [5.41, 5.74) is 1.61. The Balaban J connectivity index is 0.00000341. The smallest absolute Gasteiger partial charge is 0.422 e. The van der Waals surface area contributed by atoms with Crippen molar-refractivity contribution >= 4 is 41.5 Å². The molecule has 1 aliphatic heterocycles. The van der Waals surface area contributed by atoms with Crippen LogP contribution in [0.25, 0.3) is 0 Å². The van der Waals surface area contributed by atoms with Crippen LogP contribution in [-0.4, -0.2) is 66.0 Å². The first-order valence-electron chi connectivity index (χ1n) is 9.28. The molecule has 31 heavy (non-hydrogen) atoms. The van der Waals surface area contributed by atoms with Crippen LogP contribution in [0.15, 0.2) is 41.7 Å². The number of ether oxygens (including phenoxy) is 1. The molecule has 3 rings (SSSR count). The number of benzene rings is 1. The number of carbonyl (C=O) groups is 1. The van der Waals surface area contributed by atoms with Gasteiger partial charge in [-0.3, -0.25) is 14.5 Å². The van der Waals surface area contributed by atoms with Crippen molar-refractivity contribution in [1.82, 2.24) is 20.0 Å². The summed E-state index contributed by atoms with van der Waals surface area (Å²) in [4.78, 5) is 20.3. The Kier molecular flexibility index (Phi) is 8.53. The molecule has 0 unspecified atom stereocenters. The molecule has 1 aliphatic rings. The fourth-order valence-corrected chi connectivity index (χ4v) is 3.06. The van der Waals surface area contributed by atoms with Crippen LogP contribution < -0.4 is 15.0 Å². The molecular formula is C19H24F3IN6O2. The number of guanidine groups is 1. The summed E-state index contributed by atoms with van der Waals surface area (Å²) >= 11 is 0. The molecule has 0 bridgehead atoms. The van der Waals surface area contributed by atoms with Crippen molar-refractivity contribution < 1.29 is 22.7 Å². The van der Waals surface area contributed by atoms with Gasteiger partial charge in [0.05, 0.1) is 11.9 Å². The summed E-state index contributed by atoms with van der Waals surface area (Å²) < 4.78 is 43.0. The fourth-order valence-electron chi connectivity index (χ4n) is 3.06. The highest BCUT2D eigenvalue weighted by molar-refractivity contribution is 14.0. The Bertz CT molecular complexity index is 901. The topological polar surface area (TPSA) is 75.0 Å². The van der Waals surface area contributed by atoms with Crippen molar-refractivity contribution in [2.75, 3.05) is 38.2 Å². The number of hydrogen-bond acceptors (Lipinski definition) is 4. The van der Waals surface area contributed by atoms with Crippen LogP contribution in [0.2, 0.25) is 0 Å². The monoisotopic (exact) mass is 552 g/mol. The van der Waals surface area contributed by atoms with E-state index >= 15 is 0 Å². The first-order valence-corrected chi connectivity index (χ1v) is 9.28. The van der Waals surface area contributed by atoms with Crippen molar-refractivity contribution in [3.05, 3.63) is 42.2 Å². The minimum absolute atomic E-state index is 0. The van der Waals surface area contributed by atoms with Gasteiger partial charge in [0.1, 0.15) is 12.3 Å². The molecule has 2 aromatic rings. The summed E-state index contributed by atoms with van der Waals surface area (Å²) in [6.45, 7) is 0.374. The highest BCUT2D eigenvalue weighted by atomic mass is 127. The Hall–Kier alpha value is -2.51. The number of aromatic nitrogens is 2. The third-order valence-electron chi connectivity index (χ3n) is 4.51. The zero-order valence-corrected chi connectivity index (χ0v) is 19.4. The molecule has 0 spiro atoms. The summed E-state index contributed by atoms with van der Waals surface area (Å²) in [6, 6.07) is 6.33. The van der Waals surface area contributed by atoms with Gasteiger partial charge in [0.25, 0.3) is 0 Å². The third-order valence-corrected chi connectivity index (χ3v) is 4.51. The number of rotatable bonds is 5. The van der Waals surface area contributed by atoms with Gasteiger partial charge in [0.2, 0.25) is 5.91 Å². The van der Waals surface area contributed by atoms with Gasteiger partial charge in [-0.15, -0.1) is 24.0 Å². The third kappa shape index (κ3) is 7.01. The zero-order chi connectivity index (χ0) is 21.7. The quantitative estimate of drug-likeness (QED) is 0.351. The number of piperazine rings is 1. The molecule has 2 heterocycles. The highest BCUT2D eigenvalue weighted by Crippen LogP contribution is 2.19. The molecule has 1 saturated heterocycles. The van der Waals surface area contributed by atoms with E-state index in [2.05, 4.69) is 15.4 Å². The second-order valence-electron chi connectivity index (χ2n) is 6.79. The fraction of sp³-hybridized carbons (Fsp3) is 0.421. The standard InChI is InChI=1S/C19H23F3N6O2.HI/c1-23-18(24-9-14-3-5-16(6-4-14)30-13-19(20,21)22)27-7-8-28(17(29)12-27)15-10-25-26(2)11-15;/h3-6,10-11H,7-9,12-13H2,1-2H3,(H,23,24);1H. The normalized spacial score (nSPS) is 15.0. The predicted molar refractivity (Wildman–Crippen MR) is 121 cm³/mol. The molecule has 8 nitrogen and oxygen atoms in total. The lowest BCUT2D eigenvalue weighted by Crippen LogP contribution is -2.55. The van der Waals surface area contributed by atoms with E-state index in [4.69, 9.17) is 4.74 Å². The number of anilines is 1. The van der Waals surface area contributed by atoms with Gasteiger partial charge in [0, 0.05) is 39.9 Å². The van der Waals surface area contributed by atoms with Crippen LogP contribution in [0.3, 0.4) is 0 Å². The first kappa shape index (κ1) is 24.8.